The summed E-state index contributed by atoms with van der Waals surface area (Å²) in [4.78, 5) is 36.7. The predicted molar refractivity (Wildman–Crippen MR) is 123 cm³/mol. The van der Waals surface area contributed by atoms with Gasteiger partial charge in [-0.05, 0) is 48.4 Å². The molecule has 4 amide bonds. The largest absolute Gasteiger partial charge is 0.573 e. The molecule has 1 atom stereocenters. The number of anilines is 1. The number of urea groups is 1. The molecule has 3 N–H and O–H groups in total. The molecular formula is C22H19F7N4O6S. The lowest BCUT2D eigenvalue weighted by molar-refractivity contribution is -0.274. The molecule has 18 heteroatoms. The Morgan fingerprint density at radius 2 is 1.62 bits per heavy atom. The maximum absolute atomic E-state index is 14.8. The molecular weight excluding hydrogens is 581 g/mol. The Morgan fingerprint density at radius 3 is 2.20 bits per heavy atom. The van der Waals surface area contributed by atoms with Gasteiger partial charge in [-0.15, -0.1) is 13.2 Å². The van der Waals surface area contributed by atoms with Crippen LogP contribution in [0.3, 0.4) is 0 Å². The fourth-order valence-electron chi connectivity index (χ4n) is 3.62. The highest BCUT2D eigenvalue weighted by Gasteiger charge is 2.39. The molecule has 1 aliphatic rings. The molecule has 0 aromatic heterocycles. The summed E-state index contributed by atoms with van der Waals surface area (Å²) in [6.45, 7) is -0.283. The molecule has 1 fully saturated rings. The molecule has 2 aromatic carbocycles. The Kier molecular flexibility index (Phi) is 8.81. The summed E-state index contributed by atoms with van der Waals surface area (Å²) in [6, 6.07) is 4.95. The standard InChI is InChI=1S/C22H19F7N4O6S/c23-17-10-13(18(34)31-32-19(35)21(24,25)26)2-1-12(17)9-15-11-40(37,38)8-7-33(15)20(36)30-14-3-5-16(6-4-14)39-22(27,28)29/h1-6,10,15H,7-9,11H2,(H,30,36)(H,31,34)(H,32,35). The molecule has 0 bridgehead atoms. The number of nitrogens with one attached hydrogen (secondary N) is 3. The topological polar surface area (TPSA) is 134 Å². The first-order valence-corrected chi connectivity index (χ1v) is 12.9. The highest BCUT2D eigenvalue weighted by molar-refractivity contribution is 7.91. The number of hydrazine groups is 1. The van der Waals surface area contributed by atoms with Gasteiger partial charge in [-0.1, -0.05) is 6.07 Å². The highest BCUT2D eigenvalue weighted by Crippen LogP contribution is 2.25. The lowest BCUT2D eigenvalue weighted by atomic mass is 10.0. The van der Waals surface area contributed by atoms with E-state index < -0.39 is 74.9 Å². The van der Waals surface area contributed by atoms with Crippen LogP contribution in [0.15, 0.2) is 42.5 Å². The van der Waals surface area contributed by atoms with Crippen LogP contribution in [0.5, 0.6) is 5.75 Å². The van der Waals surface area contributed by atoms with Gasteiger partial charge >= 0.3 is 24.5 Å². The third kappa shape index (κ3) is 8.45. The van der Waals surface area contributed by atoms with Crippen molar-refractivity contribution in [3.05, 3.63) is 59.4 Å². The van der Waals surface area contributed by atoms with Crippen LogP contribution in [0, 0.1) is 5.82 Å². The van der Waals surface area contributed by atoms with E-state index in [0.29, 0.717) is 6.07 Å². The van der Waals surface area contributed by atoms with Crippen molar-refractivity contribution in [2.24, 2.45) is 0 Å². The summed E-state index contributed by atoms with van der Waals surface area (Å²) < 4.78 is 117. The summed E-state index contributed by atoms with van der Waals surface area (Å²) in [6.07, 6.45) is -10.5. The number of carbonyl (C=O) groups is 3. The third-order valence-electron chi connectivity index (χ3n) is 5.45. The molecule has 1 aliphatic heterocycles. The fourth-order valence-corrected chi connectivity index (χ4v) is 5.15. The highest BCUT2D eigenvalue weighted by atomic mass is 32.2. The Labute approximate surface area is 221 Å². The van der Waals surface area contributed by atoms with E-state index in [1.165, 1.54) is 5.43 Å². The van der Waals surface area contributed by atoms with Crippen LogP contribution in [-0.2, 0) is 21.1 Å². The molecule has 1 saturated heterocycles. The van der Waals surface area contributed by atoms with Crippen molar-refractivity contribution in [3.8, 4) is 5.75 Å². The van der Waals surface area contributed by atoms with E-state index in [0.717, 1.165) is 46.7 Å². The summed E-state index contributed by atoms with van der Waals surface area (Å²) in [5, 5.41) is 2.41. The number of nitrogens with zero attached hydrogens (tertiary/aromatic N) is 1. The zero-order valence-corrected chi connectivity index (χ0v) is 20.7. The minimum absolute atomic E-state index is 0.0610. The minimum Gasteiger partial charge on any atom is -0.406 e. The van der Waals surface area contributed by atoms with Crippen LogP contribution < -0.4 is 20.9 Å². The van der Waals surface area contributed by atoms with Gasteiger partial charge in [-0.2, -0.15) is 13.2 Å². The lowest BCUT2D eigenvalue weighted by Crippen LogP contribution is -2.53. The zero-order chi connectivity index (χ0) is 29.9. The van der Waals surface area contributed by atoms with E-state index in [2.05, 4.69) is 10.1 Å². The normalized spacial score (nSPS) is 17.1. The molecule has 10 nitrogen and oxygen atoms in total. The van der Waals surface area contributed by atoms with E-state index in [-0.39, 0.29) is 24.2 Å². The average molecular weight is 600 g/mol. The van der Waals surface area contributed by atoms with Crippen LogP contribution in [0.4, 0.5) is 41.2 Å². The molecule has 1 unspecified atom stereocenters. The first-order valence-electron chi connectivity index (χ1n) is 11.0. The van der Waals surface area contributed by atoms with Crippen molar-refractivity contribution in [1.29, 1.82) is 0 Å². The summed E-state index contributed by atoms with van der Waals surface area (Å²) >= 11 is 0. The lowest BCUT2D eigenvalue weighted by Gasteiger charge is -2.35. The van der Waals surface area contributed by atoms with E-state index in [1.807, 2.05) is 0 Å². The number of rotatable bonds is 5. The number of hydrogen-bond acceptors (Lipinski definition) is 6. The van der Waals surface area contributed by atoms with Crippen LogP contribution in [0.1, 0.15) is 15.9 Å². The van der Waals surface area contributed by atoms with Crippen LogP contribution >= 0.6 is 0 Å². The average Bonchev–Trinajstić information content (AvgIpc) is 2.82. The Bertz CT molecular complexity index is 1380. The van der Waals surface area contributed by atoms with Gasteiger partial charge in [-0.3, -0.25) is 20.4 Å². The smallest absolute Gasteiger partial charge is 0.406 e. The van der Waals surface area contributed by atoms with Crippen molar-refractivity contribution >= 4 is 33.4 Å². The van der Waals surface area contributed by atoms with Gasteiger partial charge in [0.15, 0.2) is 9.84 Å². The second-order valence-electron chi connectivity index (χ2n) is 8.38. The zero-order valence-electron chi connectivity index (χ0n) is 19.9. The molecule has 0 spiro atoms. The van der Waals surface area contributed by atoms with Crippen molar-refractivity contribution in [1.82, 2.24) is 15.8 Å². The van der Waals surface area contributed by atoms with Gasteiger partial charge in [-0.25, -0.2) is 17.6 Å². The van der Waals surface area contributed by atoms with Crippen molar-refractivity contribution in [3.63, 3.8) is 0 Å². The third-order valence-corrected chi connectivity index (χ3v) is 7.15. The van der Waals surface area contributed by atoms with E-state index in [9.17, 15) is 53.5 Å². The van der Waals surface area contributed by atoms with Crippen molar-refractivity contribution in [2.45, 2.75) is 25.0 Å². The van der Waals surface area contributed by atoms with E-state index in [1.54, 1.807) is 0 Å². The predicted octanol–water partition coefficient (Wildman–Crippen LogP) is 2.92. The van der Waals surface area contributed by atoms with Gasteiger partial charge in [0.2, 0.25) is 0 Å². The quantitative estimate of drug-likeness (QED) is 0.357. The number of halogens is 7. The number of benzene rings is 2. The van der Waals surface area contributed by atoms with Gasteiger partial charge in [0.05, 0.1) is 17.5 Å². The Hall–Kier alpha value is -4.09. The SMILES string of the molecule is O=C(NNC(=O)C(F)(F)F)c1ccc(CC2CS(=O)(=O)CCN2C(=O)Nc2ccc(OC(F)(F)F)cc2)c(F)c1. The van der Waals surface area contributed by atoms with Crippen LogP contribution in [0.2, 0.25) is 0 Å². The van der Waals surface area contributed by atoms with Gasteiger partial charge in [0.1, 0.15) is 11.6 Å². The number of hydrogen-bond donors (Lipinski definition) is 3. The van der Waals surface area contributed by atoms with Gasteiger partial charge in [0.25, 0.3) is 5.91 Å². The fraction of sp³-hybridized carbons (Fsp3) is 0.318. The summed E-state index contributed by atoms with van der Waals surface area (Å²) in [5.41, 5.74) is 2.06. The molecule has 40 heavy (non-hydrogen) atoms. The molecule has 3 rings (SSSR count). The summed E-state index contributed by atoms with van der Waals surface area (Å²) in [7, 11) is -3.64. The number of alkyl halides is 6. The molecule has 2 aromatic rings. The first kappa shape index (κ1) is 30.5. The van der Waals surface area contributed by atoms with E-state index >= 15 is 0 Å². The molecule has 0 aliphatic carbocycles. The number of sulfone groups is 1. The van der Waals surface area contributed by atoms with Crippen molar-refractivity contribution < 1.29 is 58.3 Å². The van der Waals surface area contributed by atoms with Crippen molar-refractivity contribution in [2.75, 3.05) is 23.4 Å². The summed E-state index contributed by atoms with van der Waals surface area (Å²) in [5.74, 6) is -6.26. The maximum atomic E-state index is 14.8. The maximum Gasteiger partial charge on any atom is 0.573 e. The van der Waals surface area contributed by atoms with Crippen LogP contribution in [-0.4, -0.2) is 67.8 Å². The first-order chi connectivity index (χ1) is 18.4. The van der Waals surface area contributed by atoms with Gasteiger partial charge in [0, 0.05) is 17.8 Å². The van der Waals surface area contributed by atoms with E-state index in [4.69, 9.17) is 0 Å². The van der Waals surface area contributed by atoms with Gasteiger partial charge < -0.3 is 15.0 Å². The molecule has 218 valence electrons. The minimum atomic E-state index is -5.27. The second kappa shape index (κ2) is 11.6. The number of carbonyl (C=O) groups excluding carboxylic acids is 3. The monoisotopic (exact) mass is 600 g/mol. The second-order valence-corrected chi connectivity index (χ2v) is 10.6. The number of ether oxygens (including phenoxy) is 1. The molecule has 1 heterocycles. The van der Waals surface area contributed by atoms with Crippen LogP contribution in [0.25, 0.3) is 0 Å². The number of amides is 4. The Balaban J connectivity index is 1.71. The molecule has 0 saturated carbocycles. The molecule has 0 radical (unpaired) electrons. The Morgan fingerprint density at radius 1 is 0.975 bits per heavy atom.